The summed E-state index contributed by atoms with van der Waals surface area (Å²) in [6, 6.07) is 11.5. The molecule has 0 saturated carbocycles. The van der Waals surface area contributed by atoms with Crippen LogP contribution >= 0.6 is 22.9 Å². The van der Waals surface area contributed by atoms with Crippen LogP contribution in [0.3, 0.4) is 0 Å². The number of likely N-dealkylation sites (N-methyl/N-ethyl adjacent to an activating group) is 1. The quantitative estimate of drug-likeness (QED) is 0.651. The summed E-state index contributed by atoms with van der Waals surface area (Å²) in [5.41, 5.74) is 2.72. The fourth-order valence-electron chi connectivity index (χ4n) is 3.36. The van der Waals surface area contributed by atoms with Gasteiger partial charge in [-0.1, -0.05) is 23.7 Å². The van der Waals surface area contributed by atoms with Gasteiger partial charge in [-0.25, -0.2) is 9.97 Å². The van der Waals surface area contributed by atoms with Gasteiger partial charge in [0.05, 0.1) is 5.69 Å². The Bertz CT molecular complexity index is 1030. The number of aromatic nitrogens is 2. The zero-order valence-corrected chi connectivity index (χ0v) is 18.6. The number of anilines is 1. The van der Waals surface area contributed by atoms with Crippen molar-refractivity contribution in [3.05, 3.63) is 63.8 Å². The summed E-state index contributed by atoms with van der Waals surface area (Å²) in [5.74, 6) is 0.858. The predicted molar refractivity (Wildman–Crippen MR) is 122 cm³/mol. The summed E-state index contributed by atoms with van der Waals surface area (Å²) in [4.78, 5) is 27.1. The monoisotopic (exact) mass is 441 g/mol. The predicted octanol–water partition coefficient (Wildman–Crippen LogP) is 3.85. The van der Waals surface area contributed by atoms with E-state index in [-0.39, 0.29) is 5.91 Å². The van der Waals surface area contributed by atoms with E-state index < -0.39 is 0 Å². The highest BCUT2D eigenvalue weighted by molar-refractivity contribution is 7.17. The average Bonchev–Trinajstić information content (AvgIpc) is 3.15. The molecule has 0 radical (unpaired) electrons. The Balaban J connectivity index is 1.41. The third-order valence-corrected chi connectivity index (χ3v) is 6.64. The normalized spacial score (nSPS) is 14.7. The third kappa shape index (κ3) is 4.80. The molecule has 0 bridgehead atoms. The summed E-state index contributed by atoms with van der Waals surface area (Å²) < 4.78 is 0. The van der Waals surface area contributed by atoms with Gasteiger partial charge in [0.15, 0.2) is 0 Å². The second-order valence-corrected chi connectivity index (χ2v) is 8.87. The Kier molecular flexibility index (Phi) is 6.32. The maximum absolute atomic E-state index is 12.8. The van der Waals surface area contributed by atoms with Crippen molar-refractivity contribution in [3.63, 3.8) is 0 Å². The lowest BCUT2D eigenvalue weighted by molar-refractivity contribution is 0.0954. The van der Waals surface area contributed by atoms with E-state index in [4.69, 9.17) is 11.6 Å². The van der Waals surface area contributed by atoms with E-state index in [1.54, 1.807) is 0 Å². The minimum absolute atomic E-state index is 0.108. The molecule has 2 aromatic heterocycles. The minimum Gasteiger partial charge on any atom is -0.354 e. The molecule has 6 nitrogen and oxygen atoms in total. The number of benzene rings is 1. The van der Waals surface area contributed by atoms with Gasteiger partial charge in [0.1, 0.15) is 15.7 Å². The maximum atomic E-state index is 12.8. The Morgan fingerprint density at radius 2 is 1.90 bits per heavy atom. The van der Waals surface area contributed by atoms with E-state index in [1.807, 2.05) is 43.5 Å². The van der Waals surface area contributed by atoms with Crippen LogP contribution in [-0.4, -0.2) is 54.0 Å². The van der Waals surface area contributed by atoms with Crippen molar-refractivity contribution in [2.24, 2.45) is 0 Å². The van der Waals surface area contributed by atoms with E-state index in [9.17, 15) is 4.79 Å². The molecule has 1 saturated heterocycles. The van der Waals surface area contributed by atoms with E-state index in [1.165, 1.54) is 11.3 Å². The number of amides is 1. The van der Waals surface area contributed by atoms with Crippen LogP contribution < -0.4 is 10.2 Å². The molecular weight excluding hydrogens is 418 g/mol. The summed E-state index contributed by atoms with van der Waals surface area (Å²) in [5, 5.41) is 4.52. The van der Waals surface area contributed by atoms with Gasteiger partial charge in [-0.05, 0) is 43.8 Å². The van der Waals surface area contributed by atoms with Crippen molar-refractivity contribution in [2.45, 2.75) is 13.5 Å². The van der Waals surface area contributed by atoms with Crippen LogP contribution in [0.2, 0.25) is 5.02 Å². The second kappa shape index (κ2) is 9.12. The molecule has 30 heavy (non-hydrogen) atoms. The number of rotatable bonds is 5. The summed E-state index contributed by atoms with van der Waals surface area (Å²) >= 11 is 7.36. The highest BCUT2D eigenvalue weighted by Crippen LogP contribution is 2.28. The second-order valence-electron chi connectivity index (χ2n) is 7.44. The van der Waals surface area contributed by atoms with Gasteiger partial charge in [0.25, 0.3) is 5.91 Å². The Morgan fingerprint density at radius 3 is 2.63 bits per heavy atom. The number of piperazine rings is 1. The van der Waals surface area contributed by atoms with Crippen molar-refractivity contribution in [2.75, 3.05) is 38.1 Å². The Labute approximate surface area is 185 Å². The summed E-state index contributed by atoms with van der Waals surface area (Å²) in [6.07, 6.45) is 1.81. The lowest BCUT2D eigenvalue weighted by atomic mass is 10.2. The fraction of sp³-hybridized carbons (Fsp3) is 0.318. The Morgan fingerprint density at radius 1 is 1.17 bits per heavy atom. The minimum atomic E-state index is -0.108. The number of aryl methyl sites for hydroxylation is 1. The first-order chi connectivity index (χ1) is 14.5. The number of hydrogen-bond donors (Lipinski definition) is 1. The van der Waals surface area contributed by atoms with Gasteiger partial charge in [0.2, 0.25) is 0 Å². The number of halogens is 1. The number of carbonyl (C=O) groups is 1. The van der Waals surface area contributed by atoms with E-state index in [0.717, 1.165) is 53.8 Å². The van der Waals surface area contributed by atoms with Crippen LogP contribution in [0.25, 0.3) is 10.6 Å². The first-order valence-electron chi connectivity index (χ1n) is 9.89. The van der Waals surface area contributed by atoms with Gasteiger partial charge in [-0.3, -0.25) is 4.79 Å². The van der Waals surface area contributed by atoms with Crippen molar-refractivity contribution >= 4 is 34.7 Å². The molecule has 0 unspecified atom stereocenters. The number of pyridine rings is 1. The molecule has 1 aliphatic rings. The number of nitrogens with one attached hydrogen (secondary N) is 1. The SMILES string of the molecule is Cc1nc(-c2ccc(Cl)cc2)sc1C(=O)NCc1ccnc(N2CCN(C)CC2)c1. The Hall–Kier alpha value is -2.48. The van der Waals surface area contributed by atoms with Gasteiger partial charge in [0, 0.05) is 49.5 Å². The molecule has 1 N–H and O–H groups in total. The van der Waals surface area contributed by atoms with E-state index in [0.29, 0.717) is 16.4 Å². The molecule has 0 spiro atoms. The lowest BCUT2D eigenvalue weighted by Gasteiger charge is -2.33. The molecule has 156 valence electrons. The van der Waals surface area contributed by atoms with Crippen LogP contribution in [0.15, 0.2) is 42.6 Å². The summed E-state index contributed by atoms with van der Waals surface area (Å²) in [6.45, 7) is 6.31. The molecule has 4 rings (SSSR count). The smallest absolute Gasteiger partial charge is 0.263 e. The zero-order valence-electron chi connectivity index (χ0n) is 17.1. The molecule has 0 atom stereocenters. The standard InChI is InChI=1S/C22H24ClN5OS/c1-15-20(30-22(26-15)17-3-5-18(23)6-4-17)21(29)25-14-16-7-8-24-19(13-16)28-11-9-27(2)10-12-28/h3-8,13H,9-12,14H2,1-2H3,(H,25,29). The molecule has 1 amide bonds. The van der Waals surface area contributed by atoms with Crippen molar-refractivity contribution in [1.82, 2.24) is 20.2 Å². The van der Waals surface area contributed by atoms with Crippen LogP contribution in [0.5, 0.6) is 0 Å². The summed E-state index contributed by atoms with van der Waals surface area (Å²) in [7, 11) is 2.14. The first-order valence-corrected chi connectivity index (χ1v) is 11.1. The highest BCUT2D eigenvalue weighted by Gasteiger charge is 2.18. The van der Waals surface area contributed by atoms with Crippen LogP contribution in [-0.2, 0) is 6.54 Å². The molecule has 8 heteroatoms. The lowest BCUT2D eigenvalue weighted by Crippen LogP contribution is -2.44. The van der Waals surface area contributed by atoms with Crippen molar-refractivity contribution in [3.8, 4) is 10.6 Å². The van der Waals surface area contributed by atoms with E-state index >= 15 is 0 Å². The third-order valence-electron chi connectivity index (χ3n) is 5.18. The fourth-order valence-corrected chi connectivity index (χ4v) is 4.48. The van der Waals surface area contributed by atoms with Crippen LogP contribution in [0.4, 0.5) is 5.82 Å². The molecule has 1 aromatic carbocycles. The number of thiazole rings is 1. The average molecular weight is 442 g/mol. The molecule has 0 aliphatic carbocycles. The molecular formula is C22H24ClN5OS. The first kappa shape index (κ1) is 20.8. The molecule has 3 heterocycles. The largest absolute Gasteiger partial charge is 0.354 e. The van der Waals surface area contributed by atoms with Gasteiger partial charge in [-0.2, -0.15) is 0 Å². The number of nitrogens with zero attached hydrogens (tertiary/aromatic N) is 4. The van der Waals surface area contributed by atoms with E-state index in [2.05, 4.69) is 38.2 Å². The zero-order chi connectivity index (χ0) is 21.1. The van der Waals surface area contributed by atoms with Gasteiger partial charge >= 0.3 is 0 Å². The highest BCUT2D eigenvalue weighted by atomic mass is 35.5. The van der Waals surface area contributed by atoms with Gasteiger partial charge in [-0.15, -0.1) is 11.3 Å². The topological polar surface area (TPSA) is 61.4 Å². The number of carbonyl (C=O) groups excluding carboxylic acids is 1. The van der Waals surface area contributed by atoms with Crippen molar-refractivity contribution in [1.29, 1.82) is 0 Å². The molecule has 3 aromatic rings. The van der Waals surface area contributed by atoms with Crippen LogP contribution in [0, 0.1) is 6.92 Å². The molecule has 1 aliphatic heterocycles. The molecule has 1 fully saturated rings. The maximum Gasteiger partial charge on any atom is 0.263 e. The van der Waals surface area contributed by atoms with Crippen molar-refractivity contribution < 1.29 is 4.79 Å². The van der Waals surface area contributed by atoms with Crippen LogP contribution in [0.1, 0.15) is 20.9 Å². The number of hydrogen-bond acceptors (Lipinski definition) is 6. The van der Waals surface area contributed by atoms with Gasteiger partial charge < -0.3 is 15.1 Å².